The number of nitrogens with zero attached hydrogens (tertiary/aromatic N) is 5. The fourth-order valence-corrected chi connectivity index (χ4v) is 4.51. The van der Waals surface area contributed by atoms with Crippen molar-refractivity contribution in [1.82, 2.24) is 24.5 Å². The number of hydrogen-bond donors (Lipinski definition) is 2. The monoisotopic (exact) mass is 590 g/mol. The number of hydrogen-bond acceptors (Lipinski definition) is 7. The van der Waals surface area contributed by atoms with Crippen molar-refractivity contribution in [2.45, 2.75) is 44.1 Å². The molecule has 1 unspecified atom stereocenters. The average molecular weight is 591 g/mol. The van der Waals surface area contributed by atoms with Gasteiger partial charge < -0.3 is 15.6 Å². The summed E-state index contributed by atoms with van der Waals surface area (Å²) in [7, 11) is 0. The number of pyridine rings is 2. The summed E-state index contributed by atoms with van der Waals surface area (Å²) in [5.74, 6) is -0.450. The molecule has 0 aliphatic carbocycles. The molecule has 212 valence electrons. The average Bonchev–Trinajstić information content (AvgIpc) is 3.42. The van der Waals surface area contributed by atoms with Crippen LogP contribution in [0.4, 0.5) is 17.6 Å². The molecule has 14 heteroatoms. The van der Waals surface area contributed by atoms with Gasteiger partial charge in [0, 0.05) is 36.8 Å². The van der Waals surface area contributed by atoms with E-state index in [-0.39, 0.29) is 67.7 Å². The molecule has 1 aromatic carbocycles. The zero-order valence-electron chi connectivity index (χ0n) is 21.0. The number of alkyl halides is 3. The second-order valence-corrected chi connectivity index (χ2v) is 9.98. The summed E-state index contributed by atoms with van der Waals surface area (Å²) >= 11 is 0. The van der Waals surface area contributed by atoms with E-state index in [1.807, 2.05) is 0 Å². The van der Waals surface area contributed by atoms with Gasteiger partial charge in [0.05, 0.1) is 11.1 Å². The highest BCUT2D eigenvalue weighted by atomic mass is 35.5. The second-order valence-electron chi connectivity index (χ2n) is 9.98. The molecule has 0 spiro atoms. The fraction of sp³-hybridized carbons (Fsp3) is 0.400. The van der Waals surface area contributed by atoms with E-state index in [1.165, 1.54) is 53.6 Å². The summed E-state index contributed by atoms with van der Waals surface area (Å²) < 4.78 is 63.7. The first-order valence-corrected chi connectivity index (χ1v) is 11.8. The van der Waals surface area contributed by atoms with Gasteiger partial charge in [-0.15, -0.1) is 35.0 Å². The zero-order valence-corrected chi connectivity index (χ0v) is 22.7. The van der Waals surface area contributed by atoms with Crippen LogP contribution in [0, 0.1) is 5.82 Å². The van der Waals surface area contributed by atoms with Crippen LogP contribution in [0.1, 0.15) is 31.9 Å². The Bertz CT molecular complexity index is 1460. The molecule has 4 aromatic rings. The van der Waals surface area contributed by atoms with E-state index in [2.05, 4.69) is 15.2 Å². The number of aromatic nitrogens is 4. The van der Waals surface area contributed by atoms with Gasteiger partial charge in [0.25, 0.3) is 0 Å². The first-order chi connectivity index (χ1) is 17.4. The van der Waals surface area contributed by atoms with Crippen molar-refractivity contribution in [3.63, 3.8) is 0 Å². The lowest BCUT2D eigenvalue weighted by molar-refractivity contribution is -0.183. The lowest BCUT2D eigenvalue weighted by Crippen LogP contribution is -2.38. The first kappa shape index (κ1) is 30.8. The molecule has 8 nitrogen and oxygen atoms in total. The molecule has 1 fully saturated rings. The van der Waals surface area contributed by atoms with Crippen LogP contribution in [-0.2, 0) is 0 Å². The Balaban J connectivity index is 0.00000210. The number of rotatable bonds is 6. The Labute approximate surface area is 234 Å². The maximum atomic E-state index is 14.5. The summed E-state index contributed by atoms with van der Waals surface area (Å²) in [6, 6.07) is 6.68. The third-order valence-corrected chi connectivity index (χ3v) is 6.23. The molecule has 1 aliphatic heterocycles. The molecule has 5 rings (SSSR count). The summed E-state index contributed by atoms with van der Waals surface area (Å²) in [5, 5.41) is 18.6. The van der Waals surface area contributed by atoms with Crippen LogP contribution in [0.25, 0.3) is 28.1 Å². The summed E-state index contributed by atoms with van der Waals surface area (Å²) in [6.07, 6.45) is -2.63. The number of likely N-dealkylation sites (tertiary alicyclic amines) is 1. The molecule has 0 bridgehead atoms. The minimum absolute atomic E-state index is 0. The third-order valence-electron chi connectivity index (χ3n) is 6.23. The molecule has 4 heterocycles. The number of ether oxygens (including phenoxy) is 1. The molecular formula is C25H28Cl2F4N6O2. The van der Waals surface area contributed by atoms with E-state index in [1.54, 1.807) is 12.1 Å². The minimum atomic E-state index is -4.50. The maximum Gasteiger partial charge on any atom is 0.408 e. The van der Waals surface area contributed by atoms with Crippen molar-refractivity contribution in [1.29, 1.82) is 0 Å². The van der Waals surface area contributed by atoms with Crippen LogP contribution in [0.2, 0.25) is 0 Å². The van der Waals surface area contributed by atoms with Crippen molar-refractivity contribution < 1.29 is 27.4 Å². The third kappa shape index (κ3) is 6.52. The molecule has 39 heavy (non-hydrogen) atoms. The SMILES string of the molecule is CC(C)(O)COc1cc2nc(-c3nnc4ccc([C@@H](N5CCC(N)C5)C(F)(F)F)cn34)ccc2cc1F.Cl.Cl. The highest BCUT2D eigenvalue weighted by molar-refractivity contribution is 5.85. The van der Waals surface area contributed by atoms with Crippen molar-refractivity contribution in [3.8, 4) is 17.3 Å². The molecule has 3 N–H and O–H groups in total. The predicted octanol–water partition coefficient (Wildman–Crippen LogP) is 4.71. The normalized spacial score (nSPS) is 17.2. The maximum absolute atomic E-state index is 14.5. The van der Waals surface area contributed by atoms with E-state index in [4.69, 9.17) is 10.5 Å². The molecule has 0 saturated carbocycles. The number of halogens is 6. The summed E-state index contributed by atoms with van der Waals surface area (Å²) in [6.45, 7) is 3.34. The van der Waals surface area contributed by atoms with E-state index in [0.29, 0.717) is 28.7 Å². The lowest BCUT2D eigenvalue weighted by Gasteiger charge is -2.30. The van der Waals surface area contributed by atoms with E-state index >= 15 is 0 Å². The second kappa shape index (κ2) is 11.4. The van der Waals surface area contributed by atoms with E-state index in [0.717, 1.165) is 0 Å². The molecule has 3 aromatic heterocycles. The number of fused-ring (bicyclic) bond motifs is 2. The Morgan fingerprint density at radius 1 is 1.13 bits per heavy atom. The number of benzene rings is 1. The lowest BCUT2D eigenvalue weighted by atomic mass is 10.1. The Morgan fingerprint density at radius 2 is 1.87 bits per heavy atom. The number of aliphatic hydroxyl groups is 1. The van der Waals surface area contributed by atoms with Crippen molar-refractivity contribution in [2.75, 3.05) is 19.7 Å². The Kier molecular flexibility index (Phi) is 8.98. The summed E-state index contributed by atoms with van der Waals surface area (Å²) in [4.78, 5) is 5.88. The zero-order chi connectivity index (χ0) is 26.5. The van der Waals surface area contributed by atoms with E-state index < -0.39 is 23.6 Å². The molecule has 0 radical (unpaired) electrons. The minimum Gasteiger partial charge on any atom is -0.487 e. The fourth-order valence-electron chi connectivity index (χ4n) is 4.51. The van der Waals surface area contributed by atoms with Crippen molar-refractivity contribution in [3.05, 3.63) is 54.0 Å². The highest BCUT2D eigenvalue weighted by Gasteiger charge is 2.46. The largest absolute Gasteiger partial charge is 0.487 e. The summed E-state index contributed by atoms with van der Waals surface area (Å²) in [5.41, 5.74) is 5.83. The van der Waals surface area contributed by atoms with Crippen LogP contribution in [-0.4, -0.2) is 67.1 Å². The molecule has 0 amide bonds. The van der Waals surface area contributed by atoms with Gasteiger partial charge in [0.2, 0.25) is 0 Å². The molecule has 1 saturated heterocycles. The highest BCUT2D eigenvalue weighted by Crippen LogP contribution is 2.39. The van der Waals surface area contributed by atoms with Gasteiger partial charge >= 0.3 is 6.18 Å². The van der Waals surface area contributed by atoms with Gasteiger partial charge in [-0.25, -0.2) is 9.37 Å². The van der Waals surface area contributed by atoms with Gasteiger partial charge in [-0.3, -0.25) is 9.30 Å². The van der Waals surface area contributed by atoms with Crippen molar-refractivity contribution >= 4 is 41.4 Å². The molecule has 2 atom stereocenters. The smallest absolute Gasteiger partial charge is 0.408 e. The topological polar surface area (TPSA) is 102 Å². The van der Waals surface area contributed by atoms with Gasteiger partial charge in [-0.05, 0) is 44.0 Å². The van der Waals surface area contributed by atoms with Crippen LogP contribution in [0.5, 0.6) is 5.75 Å². The van der Waals surface area contributed by atoms with Gasteiger partial charge in [0.1, 0.15) is 18.3 Å². The van der Waals surface area contributed by atoms with Crippen LogP contribution in [0.15, 0.2) is 42.6 Å². The van der Waals surface area contributed by atoms with Gasteiger partial charge in [-0.2, -0.15) is 13.2 Å². The molecule has 1 aliphatic rings. The Hall–Kier alpha value is -2.77. The number of nitrogens with two attached hydrogens (primary N) is 1. The van der Waals surface area contributed by atoms with Crippen LogP contribution in [0.3, 0.4) is 0 Å². The van der Waals surface area contributed by atoms with E-state index in [9.17, 15) is 22.7 Å². The predicted molar refractivity (Wildman–Crippen MR) is 143 cm³/mol. The van der Waals surface area contributed by atoms with Crippen LogP contribution >= 0.6 is 24.8 Å². The standard InChI is InChI=1S/C25H26F4N6O2.2ClH/c1-24(2,36)13-37-20-10-19-14(9-17(20)26)3-5-18(31-19)23-33-32-21-6-4-15(11-35(21)23)22(25(27,28)29)34-8-7-16(30)12-34;;/h3-6,9-11,16,22,36H,7-8,12-13,30H2,1-2H3;2*1H/t16?,22-;;/m1../s1. The van der Waals surface area contributed by atoms with Crippen molar-refractivity contribution in [2.24, 2.45) is 5.73 Å². The first-order valence-electron chi connectivity index (χ1n) is 11.8. The Morgan fingerprint density at radius 3 is 2.51 bits per heavy atom. The van der Waals surface area contributed by atoms with Crippen LogP contribution < -0.4 is 10.5 Å². The molecular weight excluding hydrogens is 563 g/mol. The van der Waals surface area contributed by atoms with Gasteiger partial charge in [0.15, 0.2) is 23.0 Å². The van der Waals surface area contributed by atoms with Gasteiger partial charge in [-0.1, -0.05) is 12.1 Å². The quantitative estimate of drug-likeness (QED) is 0.313.